The molecule has 0 heterocycles. The van der Waals surface area contributed by atoms with Gasteiger partial charge in [-0.1, -0.05) is 11.8 Å². The molecule has 0 aliphatic rings. The van der Waals surface area contributed by atoms with Gasteiger partial charge < -0.3 is 16.6 Å². The van der Waals surface area contributed by atoms with Gasteiger partial charge in [-0.2, -0.15) is 0 Å². The van der Waals surface area contributed by atoms with Gasteiger partial charge in [0.1, 0.15) is 6.04 Å². The molecular formula is C7H12N2O4S. The smallest absolute Gasteiger partial charge is 0.321 e. The lowest BCUT2D eigenvalue weighted by Gasteiger charge is -2.03. The molecule has 0 aromatic rings. The zero-order chi connectivity index (χ0) is 11.1. The maximum Gasteiger partial charge on any atom is 0.321 e. The zero-order valence-electron chi connectivity index (χ0n) is 7.43. The first kappa shape index (κ1) is 12.9. The average Bonchev–Trinajstić information content (AvgIpc) is 2.10. The fourth-order valence-electron chi connectivity index (χ4n) is 0.551. The predicted molar refractivity (Wildman–Crippen MR) is 51.5 cm³/mol. The third kappa shape index (κ3) is 6.44. The lowest BCUT2D eigenvalue weighted by molar-refractivity contribution is -0.137. The molecule has 0 radical (unpaired) electrons. The summed E-state index contributed by atoms with van der Waals surface area (Å²) in [5.74, 6) is -1.70. The Balaban J connectivity index is 3.64. The third-order valence-electron chi connectivity index (χ3n) is 1.32. The minimum atomic E-state index is -1.15. The molecule has 0 aromatic heterocycles. The number of thioether (sulfide) groups is 1. The van der Waals surface area contributed by atoms with Crippen molar-refractivity contribution in [1.29, 1.82) is 0 Å². The molecule has 0 unspecified atom stereocenters. The molecule has 0 aliphatic heterocycles. The van der Waals surface area contributed by atoms with Gasteiger partial charge in [0, 0.05) is 18.6 Å². The van der Waals surface area contributed by atoms with Crippen LogP contribution in [-0.2, 0) is 14.4 Å². The highest BCUT2D eigenvalue weighted by molar-refractivity contribution is 8.13. The number of carbonyl (C=O) groups is 3. The molecule has 0 saturated heterocycles. The highest BCUT2D eigenvalue weighted by atomic mass is 32.2. The fraction of sp³-hybridized carbons (Fsp3) is 0.571. The first-order valence-electron chi connectivity index (χ1n) is 3.85. The lowest BCUT2D eigenvalue weighted by Crippen LogP contribution is -2.32. The third-order valence-corrected chi connectivity index (χ3v) is 2.37. The minimum absolute atomic E-state index is 0.00687. The van der Waals surface area contributed by atoms with E-state index >= 15 is 0 Å². The quantitative estimate of drug-likeness (QED) is 0.523. The number of hydrogen-bond acceptors (Lipinski definition) is 5. The van der Waals surface area contributed by atoms with Gasteiger partial charge in [-0.15, -0.1) is 0 Å². The summed E-state index contributed by atoms with van der Waals surface area (Å²) in [6.45, 7) is 0. The van der Waals surface area contributed by atoms with Crippen LogP contribution in [0.4, 0.5) is 0 Å². The van der Waals surface area contributed by atoms with E-state index < -0.39 is 17.9 Å². The second-order valence-corrected chi connectivity index (χ2v) is 3.67. The van der Waals surface area contributed by atoms with E-state index in [1.807, 2.05) is 0 Å². The topological polar surface area (TPSA) is 123 Å². The van der Waals surface area contributed by atoms with Crippen LogP contribution >= 0.6 is 11.8 Å². The van der Waals surface area contributed by atoms with Crippen molar-refractivity contribution < 1.29 is 19.5 Å². The van der Waals surface area contributed by atoms with Crippen molar-refractivity contribution in [3.63, 3.8) is 0 Å². The zero-order valence-corrected chi connectivity index (χ0v) is 8.25. The molecule has 0 spiro atoms. The van der Waals surface area contributed by atoms with Gasteiger partial charge in [-0.3, -0.25) is 14.4 Å². The number of hydrogen-bond donors (Lipinski definition) is 3. The van der Waals surface area contributed by atoms with Crippen molar-refractivity contribution in [3.8, 4) is 0 Å². The highest BCUT2D eigenvalue weighted by Gasteiger charge is 2.14. The van der Waals surface area contributed by atoms with Gasteiger partial charge in [-0.05, 0) is 0 Å². The number of rotatable bonds is 6. The summed E-state index contributed by atoms with van der Waals surface area (Å²) in [6, 6.07) is -1.06. The molecule has 6 nitrogen and oxygen atoms in total. The second kappa shape index (κ2) is 6.39. The predicted octanol–water partition coefficient (Wildman–Crippen LogP) is -1.08. The van der Waals surface area contributed by atoms with Crippen molar-refractivity contribution in [2.45, 2.75) is 18.9 Å². The van der Waals surface area contributed by atoms with E-state index in [9.17, 15) is 14.4 Å². The molecule has 7 heteroatoms. The van der Waals surface area contributed by atoms with E-state index in [-0.39, 0.29) is 23.7 Å². The SMILES string of the molecule is NC(=O)CCC(=O)SC[C@H](N)C(=O)O. The summed E-state index contributed by atoms with van der Waals surface area (Å²) in [5.41, 5.74) is 9.98. The van der Waals surface area contributed by atoms with Crippen molar-refractivity contribution in [1.82, 2.24) is 0 Å². The van der Waals surface area contributed by atoms with Crippen molar-refractivity contribution in [3.05, 3.63) is 0 Å². The van der Waals surface area contributed by atoms with Crippen molar-refractivity contribution in [2.75, 3.05) is 5.75 Å². The Labute approximate surface area is 85.0 Å². The number of carbonyl (C=O) groups excluding carboxylic acids is 2. The Hall–Kier alpha value is -1.08. The molecular weight excluding hydrogens is 208 g/mol. The van der Waals surface area contributed by atoms with E-state index in [0.717, 1.165) is 11.8 Å². The van der Waals surface area contributed by atoms with E-state index in [2.05, 4.69) is 0 Å². The van der Waals surface area contributed by atoms with Gasteiger partial charge in [-0.25, -0.2) is 0 Å². The first-order chi connectivity index (χ1) is 6.43. The molecule has 5 N–H and O–H groups in total. The van der Waals surface area contributed by atoms with Crippen molar-refractivity contribution >= 4 is 28.8 Å². The second-order valence-electron chi connectivity index (χ2n) is 2.59. The molecule has 1 atom stereocenters. The van der Waals surface area contributed by atoms with Crippen LogP contribution in [0, 0.1) is 0 Å². The molecule has 1 amide bonds. The fourth-order valence-corrected chi connectivity index (χ4v) is 1.31. The number of aliphatic carboxylic acids is 1. The lowest BCUT2D eigenvalue weighted by atomic mass is 10.3. The summed E-state index contributed by atoms with van der Waals surface area (Å²) in [7, 11) is 0. The molecule has 80 valence electrons. The standard InChI is InChI=1S/C7H12N2O4S/c8-4(7(12)13)3-14-6(11)2-1-5(9)10/h4H,1-3,8H2,(H2,9,10)(H,12,13)/t4-/m0/s1. The van der Waals surface area contributed by atoms with E-state index in [1.165, 1.54) is 0 Å². The van der Waals surface area contributed by atoms with E-state index in [4.69, 9.17) is 16.6 Å². The van der Waals surface area contributed by atoms with Gasteiger partial charge in [0.05, 0.1) is 0 Å². The maximum absolute atomic E-state index is 11.0. The molecule has 0 rings (SSSR count). The van der Waals surface area contributed by atoms with Crippen LogP contribution in [0.3, 0.4) is 0 Å². The van der Waals surface area contributed by atoms with E-state index in [1.54, 1.807) is 0 Å². The summed E-state index contributed by atoms with van der Waals surface area (Å²) < 4.78 is 0. The largest absolute Gasteiger partial charge is 0.480 e. The number of nitrogens with two attached hydrogens (primary N) is 2. The van der Waals surface area contributed by atoms with Crippen LogP contribution in [0.1, 0.15) is 12.8 Å². The van der Waals surface area contributed by atoms with Crippen LogP contribution < -0.4 is 11.5 Å². The monoisotopic (exact) mass is 220 g/mol. The Bertz CT molecular complexity index is 244. The van der Waals surface area contributed by atoms with Crippen LogP contribution in [-0.4, -0.2) is 33.9 Å². The molecule has 0 bridgehead atoms. The van der Waals surface area contributed by atoms with Gasteiger partial charge in [0.25, 0.3) is 0 Å². The number of carboxylic acid groups (broad SMARTS) is 1. The highest BCUT2D eigenvalue weighted by Crippen LogP contribution is 2.08. The summed E-state index contributed by atoms with van der Waals surface area (Å²) in [4.78, 5) is 31.5. The Morgan fingerprint density at radius 1 is 1.29 bits per heavy atom. The molecule has 0 fully saturated rings. The molecule has 0 aromatic carbocycles. The summed E-state index contributed by atoms with van der Waals surface area (Å²) in [6.07, 6.45) is 0.000478. The Kier molecular flexibility index (Phi) is 5.89. The Morgan fingerprint density at radius 3 is 2.29 bits per heavy atom. The van der Waals surface area contributed by atoms with Crippen LogP contribution in [0.25, 0.3) is 0 Å². The Morgan fingerprint density at radius 2 is 1.86 bits per heavy atom. The van der Waals surface area contributed by atoms with Gasteiger partial charge in [0.2, 0.25) is 5.91 Å². The average molecular weight is 220 g/mol. The van der Waals surface area contributed by atoms with Gasteiger partial charge in [0.15, 0.2) is 5.12 Å². The summed E-state index contributed by atoms with van der Waals surface area (Å²) in [5, 5.41) is 8.11. The van der Waals surface area contributed by atoms with E-state index in [0.29, 0.717) is 0 Å². The van der Waals surface area contributed by atoms with Crippen molar-refractivity contribution in [2.24, 2.45) is 11.5 Å². The van der Waals surface area contributed by atoms with Gasteiger partial charge >= 0.3 is 5.97 Å². The first-order valence-corrected chi connectivity index (χ1v) is 4.84. The minimum Gasteiger partial charge on any atom is -0.480 e. The number of primary amides is 1. The number of amides is 1. The summed E-state index contributed by atoms with van der Waals surface area (Å²) >= 11 is 0.802. The number of carboxylic acids is 1. The molecule has 0 aliphatic carbocycles. The van der Waals surface area contributed by atoms with Crippen LogP contribution in [0.15, 0.2) is 0 Å². The maximum atomic E-state index is 11.0. The van der Waals surface area contributed by atoms with Crippen LogP contribution in [0.5, 0.6) is 0 Å². The molecule has 14 heavy (non-hydrogen) atoms. The van der Waals surface area contributed by atoms with Crippen LogP contribution in [0.2, 0.25) is 0 Å². The normalized spacial score (nSPS) is 12.1. The molecule has 0 saturated carbocycles.